The fourth-order valence-corrected chi connectivity index (χ4v) is 2.65. The van der Waals surface area contributed by atoms with Gasteiger partial charge in [0.1, 0.15) is 5.75 Å². The molecule has 0 aliphatic heterocycles. The molecule has 26 heavy (non-hydrogen) atoms. The van der Waals surface area contributed by atoms with Crippen LogP contribution in [0, 0.1) is 12.8 Å². The Kier molecular flexibility index (Phi) is 7.99. The molecule has 1 aromatic carbocycles. The third-order valence-electron chi connectivity index (χ3n) is 3.95. The second kappa shape index (κ2) is 10.5. The van der Waals surface area contributed by atoms with E-state index >= 15 is 0 Å². The molecule has 2 rings (SSSR count). The summed E-state index contributed by atoms with van der Waals surface area (Å²) in [5.41, 5.74) is 2.29. The van der Waals surface area contributed by atoms with Crippen molar-refractivity contribution in [3.8, 4) is 5.75 Å². The van der Waals surface area contributed by atoms with Crippen molar-refractivity contribution in [1.29, 1.82) is 0 Å². The van der Waals surface area contributed by atoms with Gasteiger partial charge in [-0.2, -0.15) is 5.10 Å². The number of aromatic nitrogens is 2. The average Bonchev–Trinajstić information content (AvgIpc) is 3.12. The van der Waals surface area contributed by atoms with Crippen LogP contribution in [0.15, 0.2) is 41.7 Å². The van der Waals surface area contributed by atoms with Crippen LogP contribution in [0.4, 0.5) is 0 Å². The first kappa shape index (κ1) is 19.8. The molecule has 1 heterocycles. The number of rotatable bonds is 9. The summed E-state index contributed by atoms with van der Waals surface area (Å²) in [6.45, 7) is 12.1. The van der Waals surface area contributed by atoms with Crippen molar-refractivity contribution in [1.82, 2.24) is 20.4 Å². The van der Waals surface area contributed by atoms with Gasteiger partial charge in [-0.15, -0.1) is 0 Å². The van der Waals surface area contributed by atoms with Gasteiger partial charge in [0.05, 0.1) is 13.2 Å². The third-order valence-corrected chi connectivity index (χ3v) is 3.95. The van der Waals surface area contributed by atoms with Crippen LogP contribution in [-0.2, 0) is 13.1 Å². The van der Waals surface area contributed by atoms with Crippen LogP contribution in [0.2, 0.25) is 0 Å². The lowest BCUT2D eigenvalue weighted by atomic mass is 10.1. The fourth-order valence-electron chi connectivity index (χ4n) is 2.65. The minimum absolute atomic E-state index is 0.442. The van der Waals surface area contributed by atoms with Crippen LogP contribution < -0.4 is 15.4 Å². The van der Waals surface area contributed by atoms with E-state index in [2.05, 4.69) is 54.7 Å². The Labute approximate surface area is 156 Å². The van der Waals surface area contributed by atoms with Gasteiger partial charge in [0.15, 0.2) is 5.96 Å². The number of ether oxygens (including phenoxy) is 1. The first-order valence-corrected chi connectivity index (χ1v) is 9.34. The Bertz CT molecular complexity index is 682. The minimum Gasteiger partial charge on any atom is -0.494 e. The molecule has 2 aromatic rings. The van der Waals surface area contributed by atoms with E-state index < -0.39 is 0 Å². The summed E-state index contributed by atoms with van der Waals surface area (Å²) in [6.07, 6.45) is 3.80. The van der Waals surface area contributed by atoms with Crippen molar-refractivity contribution >= 4 is 5.96 Å². The Hall–Kier alpha value is -2.50. The zero-order valence-electron chi connectivity index (χ0n) is 16.3. The molecule has 0 saturated heterocycles. The Morgan fingerprint density at radius 3 is 2.85 bits per heavy atom. The molecule has 1 aromatic heterocycles. The highest BCUT2D eigenvalue weighted by Crippen LogP contribution is 2.21. The summed E-state index contributed by atoms with van der Waals surface area (Å²) in [6, 6.07) is 8.21. The molecule has 0 aliphatic carbocycles. The highest BCUT2D eigenvalue weighted by atomic mass is 16.5. The van der Waals surface area contributed by atoms with E-state index in [9.17, 15) is 0 Å². The largest absolute Gasteiger partial charge is 0.494 e. The van der Waals surface area contributed by atoms with Crippen LogP contribution in [-0.4, -0.2) is 35.4 Å². The van der Waals surface area contributed by atoms with Crippen LogP contribution in [0.1, 0.15) is 31.9 Å². The summed E-state index contributed by atoms with van der Waals surface area (Å²) < 4.78 is 7.70. The van der Waals surface area contributed by atoms with Gasteiger partial charge in [-0.05, 0) is 44.4 Å². The molecule has 0 bridgehead atoms. The molecule has 142 valence electrons. The SMILES string of the molecule is CCNC(=NCc1ccc(C)cc1OCC)NCC(C)Cn1cccn1. The molecule has 1 unspecified atom stereocenters. The molecule has 6 nitrogen and oxygen atoms in total. The summed E-state index contributed by atoms with van der Waals surface area (Å²) in [7, 11) is 0. The standard InChI is InChI=1S/C20H31N5O/c1-5-21-20(22-13-17(4)15-25-11-7-10-24-25)23-14-18-9-8-16(3)12-19(18)26-6-2/h7-12,17H,5-6,13-15H2,1-4H3,(H2,21,22,23). The molecular formula is C20H31N5O. The molecule has 6 heteroatoms. The molecule has 0 saturated carbocycles. The van der Waals surface area contributed by atoms with Crippen molar-refractivity contribution in [2.75, 3.05) is 19.7 Å². The highest BCUT2D eigenvalue weighted by Gasteiger charge is 2.07. The van der Waals surface area contributed by atoms with E-state index in [0.29, 0.717) is 19.1 Å². The molecular weight excluding hydrogens is 326 g/mol. The van der Waals surface area contributed by atoms with E-state index in [-0.39, 0.29) is 0 Å². The summed E-state index contributed by atoms with van der Waals surface area (Å²) >= 11 is 0. The molecule has 0 amide bonds. The van der Waals surface area contributed by atoms with E-state index in [4.69, 9.17) is 9.73 Å². The summed E-state index contributed by atoms with van der Waals surface area (Å²) in [4.78, 5) is 4.72. The lowest BCUT2D eigenvalue weighted by molar-refractivity contribution is 0.336. The van der Waals surface area contributed by atoms with E-state index in [1.807, 2.05) is 30.1 Å². The Morgan fingerprint density at radius 2 is 2.15 bits per heavy atom. The second-order valence-corrected chi connectivity index (χ2v) is 6.45. The minimum atomic E-state index is 0.442. The number of hydrogen-bond acceptors (Lipinski definition) is 3. The number of hydrogen-bond donors (Lipinski definition) is 2. The van der Waals surface area contributed by atoms with Crippen molar-refractivity contribution in [2.24, 2.45) is 10.9 Å². The Balaban J connectivity index is 1.95. The van der Waals surface area contributed by atoms with Gasteiger partial charge in [-0.25, -0.2) is 4.99 Å². The van der Waals surface area contributed by atoms with Crippen molar-refractivity contribution in [3.63, 3.8) is 0 Å². The first-order chi connectivity index (χ1) is 12.6. The fraction of sp³-hybridized carbons (Fsp3) is 0.500. The van der Waals surface area contributed by atoms with Crippen LogP contribution in [0.25, 0.3) is 0 Å². The molecule has 2 N–H and O–H groups in total. The highest BCUT2D eigenvalue weighted by molar-refractivity contribution is 5.79. The lowest BCUT2D eigenvalue weighted by Gasteiger charge is -2.16. The van der Waals surface area contributed by atoms with Crippen LogP contribution in [0.3, 0.4) is 0 Å². The predicted octanol–water partition coefficient (Wildman–Crippen LogP) is 2.98. The van der Waals surface area contributed by atoms with Crippen LogP contribution >= 0.6 is 0 Å². The monoisotopic (exact) mass is 357 g/mol. The zero-order chi connectivity index (χ0) is 18.8. The van der Waals surface area contributed by atoms with Gasteiger partial charge in [-0.3, -0.25) is 4.68 Å². The predicted molar refractivity (Wildman–Crippen MR) is 107 cm³/mol. The molecule has 0 spiro atoms. The number of aryl methyl sites for hydroxylation is 1. The number of nitrogens with one attached hydrogen (secondary N) is 2. The van der Waals surface area contributed by atoms with E-state index in [1.54, 1.807) is 0 Å². The van der Waals surface area contributed by atoms with E-state index in [0.717, 1.165) is 36.9 Å². The molecule has 1 atom stereocenters. The quantitative estimate of drug-likeness (QED) is 0.535. The van der Waals surface area contributed by atoms with Crippen molar-refractivity contribution < 1.29 is 4.74 Å². The maximum atomic E-state index is 5.75. The average molecular weight is 358 g/mol. The molecule has 0 fully saturated rings. The van der Waals surface area contributed by atoms with Gasteiger partial charge in [-0.1, -0.05) is 19.1 Å². The van der Waals surface area contributed by atoms with Gasteiger partial charge in [0, 0.05) is 37.6 Å². The maximum absolute atomic E-state index is 5.75. The molecule has 0 aliphatic rings. The topological polar surface area (TPSA) is 63.5 Å². The zero-order valence-corrected chi connectivity index (χ0v) is 16.3. The van der Waals surface area contributed by atoms with Gasteiger partial charge < -0.3 is 15.4 Å². The molecule has 0 radical (unpaired) electrons. The van der Waals surface area contributed by atoms with E-state index in [1.165, 1.54) is 5.56 Å². The van der Waals surface area contributed by atoms with Crippen molar-refractivity contribution in [3.05, 3.63) is 47.8 Å². The smallest absolute Gasteiger partial charge is 0.191 e. The van der Waals surface area contributed by atoms with Crippen LogP contribution in [0.5, 0.6) is 5.75 Å². The first-order valence-electron chi connectivity index (χ1n) is 9.34. The Morgan fingerprint density at radius 1 is 1.31 bits per heavy atom. The number of guanidine groups is 1. The maximum Gasteiger partial charge on any atom is 0.191 e. The summed E-state index contributed by atoms with van der Waals surface area (Å²) in [5.74, 6) is 2.18. The lowest BCUT2D eigenvalue weighted by Crippen LogP contribution is -2.40. The van der Waals surface area contributed by atoms with Gasteiger partial charge >= 0.3 is 0 Å². The van der Waals surface area contributed by atoms with Gasteiger partial charge in [0.2, 0.25) is 0 Å². The number of benzene rings is 1. The third kappa shape index (κ3) is 6.43. The summed E-state index contributed by atoms with van der Waals surface area (Å²) in [5, 5.41) is 11.0. The normalized spacial score (nSPS) is 12.7. The van der Waals surface area contributed by atoms with Gasteiger partial charge in [0.25, 0.3) is 0 Å². The number of nitrogens with zero attached hydrogens (tertiary/aromatic N) is 3. The second-order valence-electron chi connectivity index (χ2n) is 6.45. The van der Waals surface area contributed by atoms with Crippen molar-refractivity contribution in [2.45, 2.75) is 40.8 Å². The number of aliphatic imine (C=N–C) groups is 1.